The second-order valence-corrected chi connectivity index (χ2v) is 5.68. The van der Waals surface area contributed by atoms with Gasteiger partial charge in [-0.15, -0.1) is 0 Å². The quantitative estimate of drug-likeness (QED) is 0.720. The topological polar surface area (TPSA) is 34.4 Å². The van der Waals surface area contributed by atoms with Gasteiger partial charge < -0.3 is 14.5 Å². The molecular weight excluding hydrogens is 298 g/mol. The van der Waals surface area contributed by atoms with Crippen molar-refractivity contribution in [3.63, 3.8) is 0 Å². The molecule has 1 heterocycles. The van der Waals surface area contributed by atoms with Crippen LogP contribution >= 0.6 is 0 Å². The molecule has 0 bridgehead atoms. The molecule has 1 aromatic carbocycles. The molecule has 0 saturated heterocycles. The molecule has 0 aliphatic carbocycles. The number of nitrogens with one attached hydrogen (secondary N) is 1. The van der Waals surface area contributed by atoms with Crippen molar-refractivity contribution in [1.29, 1.82) is 0 Å². The van der Waals surface area contributed by atoms with Gasteiger partial charge in [0.15, 0.2) is 0 Å². The second-order valence-electron chi connectivity index (χ2n) is 5.68. The SMILES string of the molecule is C=c1cc(CC)o/c1=C/C(=C\C)CNCCOCc1ccccc1. The molecule has 0 unspecified atom stereocenters. The standard InChI is InChI=1S/C21H27NO2/c1-4-18(14-21-17(3)13-20(5-2)24-21)15-22-11-12-23-16-19-9-7-6-8-10-19/h4,6-10,13-14,22H,3,5,11-12,15-16H2,1-2H3/b18-4+,21-14+. The third kappa shape index (κ3) is 5.84. The summed E-state index contributed by atoms with van der Waals surface area (Å²) in [4.78, 5) is 0. The number of ether oxygens (including phenoxy) is 1. The fourth-order valence-corrected chi connectivity index (χ4v) is 2.34. The number of rotatable bonds is 9. The number of hydrogen-bond donors (Lipinski definition) is 1. The van der Waals surface area contributed by atoms with Crippen LogP contribution in [0.3, 0.4) is 0 Å². The average Bonchev–Trinajstić information content (AvgIpc) is 2.97. The molecule has 0 spiro atoms. The Labute approximate surface area is 144 Å². The second kappa shape index (κ2) is 9.91. The van der Waals surface area contributed by atoms with E-state index in [1.807, 2.05) is 31.2 Å². The van der Waals surface area contributed by atoms with E-state index in [4.69, 9.17) is 9.15 Å². The van der Waals surface area contributed by atoms with E-state index in [1.165, 1.54) is 11.1 Å². The van der Waals surface area contributed by atoms with Gasteiger partial charge in [0.25, 0.3) is 0 Å². The Morgan fingerprint density at radius 3 is 2.75 bits per heavy atom. The molecule has 3 heteroatoms. The molecule has 0 fully saturated rings. The lowest BCUT2D eigenvalue weighted by molar-refractivity contribution is 0.123. The van der Waals surface area contributed by atoms with E-state index in [9.17, 15) is 0 Å². The van der Waals surface area contributed by atoms with Crippen molar-refractivity contribution in [2.75, 3.05) is 19.7 Å². The van der Waals surface area contributed by atoms with Crippen LogP contribution in [-0.4, -0.2) is 19.7 Å². The first kappa shape index (κ1) is 18.2. The summed E-state index contributed by atoms with van der Waals surface area (Å²) in [5, 5.41) is 4.34. The molecule has 0 saturated carbocycles. The Hall–Kier alpha value is -2.10. The first-order chi connectivity index (χ1) is 11.7. The molecule has 0 atom stereocenters. The van der Waals surface area contributed by atoms with E-state index in [1.54, 1.807) is 0 Å². The third-order valence-corrected chi connectivity index (χ3v) is 3.79. The molecule has 2 rings (SSSR count). The van der Waals surface area contributed by atoms with E-state index >= 15 is 0 Å². The molecule has 2 aromatic rings. The molecule has 1 aromatic heterocycles. The number of aryl methyl sites for hydroxylation is 1. The minimum absolute atomic E-state index is 0.655. The fraction of sp³-hybridized carbons (Fsp3) is 0.333. The largest absolute Gasteiger partial charge is 0.461 e. The van der Waals surface area contributed by atoms with E-state index in [-0.39, 0.29) is 0 Å². The summed E-state index contributed by atoms with van der Waals surface area (Å²) in [5.74, 6) is 0.976. The number of allylic oxidation sites excluding steroid dienone is 1. The minimum Gasteiger partial charge on any atom is -0.461 e. The molecule has 1 N–H and O–H groups in total. The van der Waals surface area contributed by atoms with Crippen molar-refractivity contribution in [3.8, 4) is 0 Å². The van der Waals surface area contributed by atoms with Gasteiger partial charge in [-0.1, -0.05) is 49.9 Å². The van der Waals surface area contributed by atoms with Gasteiger partial charge in [0.2, 0.25) is 0 Å². The van der Waals surface area contributed by atoms with Crippen LogP contribution in [0.2, 0.25) is 0 Å². The number of furan rings is 1. The van der Waals surface area contributed by atoms with Gasteiger partial charge >= 0.3 is 0 Å². The lowest BCUT2D eigenvalue weighted by Gasteiger charge is -2.07. The van der Waals surface area contributed by atoms with E-state index in [0.717, 1.165) is 35.9 Å². The summed E-state index contributed by atoms with van der Waals surface area (Å²) >= 11 is 0. The van der Waals surface area contributed by atoms with Crippen molar-refractivity contribution in [2.24, 2.45) is 0 Å². The van der Waals surface area contributed by atoms with Crippen molar-refractivity contribution < 1.29 is 9.15 Å². The van der Waals surface area contributed by atoms with Crippen LogP contribution in [0.4, 0.5) is 0 Å². The Morgan fingerprint density at radius 1 is 1.29 bits per heavy atom. The van der Waals surface area contributed by atoms with Gasteiger partial charge in [-0.2, -0.15) is 0 Å². The first-order valence-corrected chi connectivity index (χ1v) is 8.50. The van der Waals surface area contributed by atoms with E-state index in [2.05, 4.69) is 43.1 Å². The van der Waals surface area contributed by atoms with Crippen LogP contribution in [0.5, 0.6) is 0 Å². The summed E-state index contributed by atoms with van der Waals surface area (Å²) in [6, 6.07) is 12.2. The lowest BCUT2D eigenvalue weighted by Crippen LogP contribution is -2.23. The number of benzene rings is 1. The first-order valence-electron chi connectivity index (χ1n) is 8.50. The molecule has 24 heavy (non-hydrogen) atoms. The Morgan fingerprint density at radius 2 is 2.08 bits per heavy atom. The summed E-state index contributed by atoms with van der Waals surface area (Å²) in [6.45, 7) is 11.1. The molecule has 3 nitrogen and oxygen atoms in total. The lowest BCUT2D eigenvalue weighted by atomic mass is 10.2. The van der Waals surface area contributed by atoms with Gasteiger partial charge in [0, 0.05) is 24.7 Å². The van der Waals surface area contributed by atoms with E-state index in [0.29, 0.717) is 13.2 Å². The summed E-state index contributed by atoms with van der Waals surface area (Å²) < 4.78 is 11.4. The normalized spacial score (nSPS) is 12.8. The maximum atomic E-state index is 5.78. The summed E-state index contributed by atoms with van der Waals surface area (Å²) in [6.07, 6.45) is 5.03. The average molecular weight is 325 g/mol. The number of hydrogen-bond acceptors (Lipinski definition) is 3. The predicted molar refractivity (Wildman–Crippen MR) is 100 cm³/mol. The van der Waals surface area contributed by atoms with E-state index < -0.39 is 0 Å². The molecule has 0 amide bonds. The highest BCUT2D eigenvalue weighted by atomic mass is 16.5. The highest BCUT2D eigenvalue weighted by molar-refractivity contribution is 5.45. The smallest absolute Gasteiger partial charge is 0.133 e. The zero-order valence-corrected chi connectivity index (χ0v) is 14.7. The Kier molecular flexibility index (Phi) is 7.53. The minimum atomic E-state index is 0.655. The molecule has 0 radical (unpaired) electrons. The Balaban J connectivity index is 1.74. The molecular formula is C21H27NO2. The van der Waals surface area contributed by atoms with Crippen LogP contribution in [0.25, 0.3) is 12.7 Å². The molecule has 128 valence electrons. The summed E-state index contributed by atoms with van der Waals surface area (Å²) in [7, 11) is 0. The van der Waals surface area contributed by atoms with Crippen molar-refractivity contribution in [1.82, 2.24) is 5.32 Å². The van der Waals surface area contributed by atoms with Gasteiger partial charge in [-0.25, -0.2) is 0 Å². The zero-order valence-electron chi connectivity index (χ0n) is 14.7. The highest BCUT2D eigenvalue weighted by Crippen LogP contribution is 2.00. The van der Waals surface area contributed by atoms with Crippen LogP contribution in [0.15, 0.2) is 52.5 Å². The van der Waals surface area contributed by atoms with Crippen LogP contribution in [-0.2, 0) is 17.8 Å². The maximum absolute atomic E-state index is 5.78. The maximum Gasteiger partial charge on any atom is 0.133 e. The van der Waals surface area contributed by atoms with Gasteiger partial charge in [0.1, 0.15) is 11.2 Å². The van der Waals surface area contributed by atoms with Crippen LogP contribution in [0.1, 0.15) is 25.2 Å². The van der Waals surface area contributed by atoms with Crippen LogP contribution < -0.4 is 16.0 Å². The van der Waals surface area contributed by atoms with Crippen molar-refractivity contribution >= 4 is 12.7 Å². The summed E-state index contributed by atoms with van der Waals surface area (Å²) in [5.41, 5.74) is 3.23. The monoisotopic (exact) mass is 325 g/mol. The third-order valence-electron chi connectivity index (χ3n) is 3.79. The molecule has 0 aliphatic rings. The molecule has 0 aliphatic heterocycles. The zero-order chi connectivity index (χ0) is 17.2. The van der Waals surface area contributed by atoms with Gasteiger partial charge in [-0.3, -0.25) is 0 Å². The Bertz CT molecular complexity index is 744. The van der Waals surface area contributed by atoms with Crippen molar-refractivity contribution in [2.45, 2.75) is 26.9 Å². The van der Waals surface area contributed by atoms with Crippen LogP contribution in [0, 0.1) is 0 Å². The van der Waals surface area contributed by atoms with Crippen molar-refractivity contribution in [3.05, 3.63) is 70.0 Å². The highest BCUT2D eigenvalue weighted by Gasteiger charge is 1.98. The fourth-order valence-electron chi connectivity index (χ4n) is 2.34. The van der Waals surface area contributed by atoms with Gasteiger partial charge in [-0.05, 0) is 30.2 Å². The predicted octanol–water partition coefficient (Wildman–Crippen LogP) is 2.79. The van der Waals surface area contributed by atoms with Gasteiger partial charge in [0.05, 0.1) is 13.2 Å².